The fraction of sp³-hybridized carbons (Fsp3) is 0.846. The minimum absolute atomic E-state index is 0.375. The van der Waals surface area contributed by atoms with E-state index in [1.54, 1.807) is 0 Å². The van der Waals surface area contributed by atoms with E-state index in [2.05, 4.69) is 4.90 Å². The molecule has 0 aliphatic carbocycles. The third-order valence-electron chi connectivity index (χ3n) is 4.09. The van der Waals surface area contributed by atoms with Gasteiger partial charge in [0.05, 0.1) is 12.9 Å². The molecule has 3 fully saturated rings. The van der Waals surface area contributed by atoms with Gasteiger partial charge in [0.2, 0.25) is 0 Å². The minimum Gasteiger partial charge on any atom is -0.479 e. The van der Waals surface area contributed by atoms with Gasteiger partial charge >= 0.3 is 11.9 Å². The first-order valence-corrected chi connectivity index (χ1v) is 9.21. The smallest absolute Gasteiger partial charge is 0.335 e. The SMILES string of the molecule is CS(=O)(=O)OC[C@@H]1CN2CCC1CC2.O=C(O)[C@H](O)[C@@H](O)C(=O)O. The van der Waals surface area contributed by atoms with E-state index < -0.39 is 34.3 Å². The molecule has 0 saturated carbocycles. The molecule has 3 aliphatic heterocycles. The highest BCUT2D eigenvalue weighted by Crippen LogP contribution is 2.32. The van der Waals surface area contributed by atoms with Gasteiger partial charge in [-0.2, -0.15) is 8.42 Å². The lowest BCUT2D eigenvalue weighted by Gasteiger charge is -2.44. The van der Waals surface area contributed by atoms with Crippen molar-refractivity contribution in [2.75, 3.05) is 32.5 Å². The Morgan fingerprint density at radius 2 is 1.58 bits per heavy atom. The zero-order chi connectivity index (χ0) is 18.5. The summed E-state index contributed by atoms with van der Waals surface area (Å²) in [5, 5.41) is 32.5. The fourth-order valence-electron chi connectivity index (χ4n) is 2.76. The lowest BCUT2D eigenvalue weighted by atomic mass is 9.80. The number of aliphatic hydroxyl groups excluding tert-OH is 2. The summed E-state index contributed by atoms with van der Waals surface area (Å²) in [5.41, 5.74) is 0. The molecule has 0 amide bonds. The van der Waals surface area contributed by atoms with Crippen LogP contribution in [0.15, 0.2) is 0 Å². The van der Waals surface area contributed by atoms with Crippen molar-refractivity contribution in [3.05, 3.63) is 0 Å². The first kappa shape index (κ1) is 20.8. The maximum absolute atomic E-state index is 10.8. The molecule has 0 aromatic heterocycles. The second-order valence-electron chi connectivity index (χ2n) is 5.95. The monoisotopic (exact) mass is 369 g/mol. The second kappa shape index (κ2) is 8.72. The van der Waals surface area contributed by atoms with Crippen molar-refractivity contribution in [1.29, 1.82) is 0 Å². The predicted octanol–water partition coefficient (Wildman–Crippen LogP) is -1.82. The van der Waals surface area contributed by atoms with E-state index >= 15 is 0 Å². The van der Waals surface area contributed by atoms with E-state index in [9.17, 15) is 18.0 Å². The maximum Gasteiger partial charge on any atom is 0.335 e. The van der Waals surface area contributed by atoms with Crippen LogP contribution in [0.3, 0.4) is 0 Å². The van der Waals surface area contributed by atoms with Gasteiger partial charge in [0.1, 0.15) is 0 Å². The van der Waals surface area contributed by atoms with Gasteiger partial charge in [-0.15, -0.1) is 0 Å². The Labute approximate surface area is 139 Å². The van der Waals surface area contributed by atoms with Gasteiger partial charge < -0.3 is 25.3 Å². The second-order valence-corrected chi connectivity index (χ2v) is 7.60. The first-order chi connectivity index (χ1) is 11.0. The van der Waals surface area contributed by atoms with E-state index in [-0.39, 0.29) is 0 Å². The molecule has 0 aromatic carbocycles. The quantitative estimate of drug-likeness (QED) is 0.392. The number of aliphatic carboxylic acids is 2. The van der Waals surface area contributed by atoms with Crippen molar-refractivity contribution in [2.24, 2.45) is 11.8 Å². The van der Waals surface area contributed by atoms with Crippen molar-refractivity contribution in [3.8, 4) is 0 Å². The van der Waals surface area contributed by atoms with Gasteiger partial charge in [0, 0.05) is 6.54 Å². The Morgan fingerprint density at radius 3 is 1.88 bits per heavy atom. The predicted molar refractivity (Wildman–Crippen MR) is 80.7 cm³/mol. The Bertz CT molecular complexity index is 524. The van der Waals surface area contributed by atoms with Gasteiger partial charge in [0.15, 0.2) is 12.2 Å². The van der Waals surface area contributed by atoms with Crippen LogP contribution in [0.2, 0.25) is 0 Å². The molecule has 3 atom stereocenters. The summed E-state index contributed by atoms with van der Waals surface area (Å²) < 4.78 is 26.6. The number of carbonyl (C=O) groups is 2. The molecule has 0 spiro atoms. The Morgan fingerprint density at radius 1 is 1.12 bits per heavy atom. The van der Waals surface area contributed by atoms with Crippen LogP contribution in [-0.2, 0) is 23.9 Å². The summed E-state index contributed by atoms with van der Waals surface area (Å²) >= 11 is 0. The van der Waals surface area contributed by atoms with Crippen LogP contribution in [0, 0.1) is 11.8 Å². The largest absolute Gasteiger partial charge is 0.479 e. The summed E-state index contributed by atoms with van der Waals surface area (Å²) in [6.07, 6.45) is -1.00. The van der Waals surface area contributed by atoms with Gasteiger partial charge in [-0.3, -0.25) is 4.18 Å². The van der Waals surface area contributed by atoms with Crippen molar-refractivity contribution < 1.29 is 42.6 Å². The van der Waals surface area contributed by atoms with Crippen LogP contribution >= 0.6 is 0 Å². The molecule has 2 bridgehead atoms. The number of aliphatic hydroxyl groups is 2. The normalized spacial score (nSPS) is 28.4. The van der Waals surface area contributed by atoms with Crippen LogP contribution in [-0.4, -0.2) is 90.4 Å². The highest BCUT2D eigenvalue weighted by atomic mass is 32.2. The van der Waals surface area contributed by atoms with Crippen molar-refractivity contribution in [1.82, 2.24) is 4.90 Å². The van der Waals surface area contributed by atoms with Gasteiger partial charge in [-0.05, 0) is 37.8 Å². The van der Waals surface area contributed by atoms with E-state index in [0.717, 1.165) is 12.8 Å². The number of hydrogen-bond acceptors (Lipinski definition) is 8. The van der Waals surface area contributed by atoms with Crippen molar-refractivity contribution >= 4 is 22.1 Å². The average molecular weight is 369 g/mol. The van der Waals surface area contributed by atoms with E-state index in [1.165, 1.54) is 25.9 Å². The summed E-state index contributed by atoms with van der Waals surface area (Å²) in [7, 11) is -3.26. The van der Waals surface area contributed by atoms with E-state index in [1.807, 2.05) is 0 Å². The number of piperidine rings is 3. The molecule has 3 aliphatic rings. The number of carboxylic acid groups (broad SMARTS) is 2. The van der Waals surface area contributed by atoms with Crippen LogP contribution in [0.4, 0.5) is 0 Å². The Hall–Kier alpha value is -1.27. The maximum atomic E-state index is 10.8. The summed E-state index contributed by atoms with van der Waals surface area (Å²) in [4.78, 5) is 21.9. The molecule has 0 unspecified atom stereocenters. The third kappa shape index (κ3) is 6.69. The Kier molecular flexibility index (Phi) is 7.55. The molecule has 10 nitrogen and oxygen atoms in total. The highest BCUT2D eigenvalue weighted by Gasteiger charge is 2.34. The lowest BCUT2D eigenvalue weighted by molar-refractivity contribution is -0.165. The van der Waals surface area contributed by atoms with Crippen LogP contribution < -0.4 is 0 Å². The lowest BCUT2D eigenvalue weighted by Crippen LogP contribution is -2.48. The third-order valence-corrected chi connectivity index (χ3v) is 4.66. The number of nitrogens with zero attached hydrogens (tertiary/aromatic N) is 1. The van der Waals surface area contributed by atoms with Gasteiger partial charge in [0.25, 0.3) is 10.1 Å². The van der Waals surface area contributed by atoms with Crippen molar-refractivity contribution in [3.63, 3.8) is 0 Å². The zero-order valence-electron chi connectivity index (χ0n) is 13.2. The highest BCUT2D eigenvalue weighted by molar-refractivity contribution is 7.85. The molecule has 0 aromatic rings. The standard InChI is InChI=1S/C9H17NO3S.C4H6O6/c1-14(11,12)13-7-9-6-10-4-2-8(9)3-5-10;5-1(3(7)8)2(6)4(9)10/h8-9H,2-7H2,1H3;1-2,5-6H,(H,7,8)(H,9,10)/t9-;1-,2-/m01/s1. The van der Waals surface area contributed by atoms with Crippen LogP contribution in [0.25, 0.3) is 0 Å². The summed E-state index contributed by atoms with van der Waals surface area (Å²) in [6.45, 7) is 3.75. The molecule has 3 heterocycles. The summed E-state index contributed by atoms with van der Waals surface area (Å²) in [6, 6.07) is 0. The van der Waals surface area contributed by atoms with E-state index in [0.29, 0.717) is 18.4 Å². The zero-order valence-corrected chi connectivity index (χ0v) is 14.1. The van der Waals surface area contributed by atoms with Crippen LogP contribution in [0.5, 0.6) is 0 Å². The molecular formula is C13H23NO9S. The first-order valence-electron chi connectivity index (χ1n) is 7.39. The molecule has 4 N–H and O–H groups in total. The number of hydrogen-bond donors (Lipinski definition) is 4. The molecule has 11 heteroatoms. The van der Waals surface area contributed by atoms with E-state index in [4.69, 9.17) is 24.6 Å². The molecule has 24 heavy (non-hydrogen) atoms. The average Bonchev–Trinajstić information content (AvgIpc) is 2.52. The molecule has 140 valence electrons. The molecular weight excluding hydrogens is 346 g/mol. The van der Waals surface area contributed by atoms with Gasteiger partial charge in [-0.25, -0.2) is 9.59 Å². The molecule has 3 rings (SSSR count). The minimum atomic E-state index is -3.26. The fourth-order valence-corrected chi connectivity index (χ4v) is 3.18. The number of carboxylic acids is 2. The molecule has 0 radical (unpaired) electrons. The number of rotatable bonds is 6. The van der Waals surface area contributed by atoms with Crippen molar-refractivity contribution in [2.45, 2.75) is 25.0 Å². The molecule has 3 saturated heterocycles. The number of fused-ring (bicyclic) bond motifs is 3. The Balaban J connectivity index is 0.000000257. The van der Waals surface area contributed by atoms with Gasteiger partial charge in [-0.1, -0.05) is 0 Å². The topological polar surface area (TPSA) is 162 Å². The van der Waals surface area contributed by atoms with Crippen LogP contribution in [0.1, 0.15) is 12.8 Å². The summed E-state index contributed by atoms with van der Waals surface area (Å²) in [5.74, 6) is -2.43.